The van der Waals surface area contributed by atoms with E-state index in [1.807, 2.05) is 0 Å². The van der Waals surface area contributed by atoms with Crippen molar-refractivity contribution < 1.29 is 4.79 Å². The van der Waals surface area contributed by atoms with E-state index < -0.39 is 0 Å². The zero-order valence-corrected chi connectivity index (χ0v) is 6.31. The van der Waals surface area contributed by atoms with Gasteiger partial charge >= 0.3 is 0 Å². The molecule has 0 spiro atoms. The number of rotatable bonds is 1. The van der Waals surface area contributed by atoms with Crippen LogP contribution in [0.5, 0.6) is 0 Å². The maximum absolute atomic E-state index is 11.1. The highest BCUT2D eigenvalue weighted by Crippen LogP contribution is 2.56. The summed E-state index contributed by atoms with van der Waals surface area (Å²) < 4.78 is 0. The van der Waals surface area contributed by atoms with Crippen LogP contribution in [0, 0.1) is 11.3 Å². The normalized spacial score (nSPS) is 44.3. The summed E-state index contributed by atoms with van der Waals surface area (Å²) in [5.41, 5.74) is 0.144. The summed E-state index contributed by atoms with van der Waals surface area (Å²) in [6.45, 7) is 3.85. The van der Waals surface area contributed by atoms with Crippen LogP contribution in [0.1, 0.15) is 19.8 Å². The largest absolute Gasteiger partial charge is 0.316 e. The van der Waals surface area contributed by atoms with Crippen LogP contribution in [-0.4, -0.2) is 18.9 Å². The number of fused-ring (bicyclic) bond motifs is 1. The van der Waals surface area contributed by atoms with Gasteiger partial charge < -0.3 is 5.32 Å². The van der Waals surface area contributed by atoms with Crippen molar-refractivity contribution >= 4 is 5.78 Å². The Labute approximate surface area is 61.0 Å². The third kappa shape index (κ3) is 0.655. The molecule has 0 aromatic heterocycles. The van der Waals surface area contributed by atoms with Crippen LogP contribution >= 0.6 is 0 Å². The minimum Gasteiger partial charge on any atom is -0.316 e. The Morgan fingerprint density at radius 3 is 3.00 bits per heavy atom. The molecule has 0 aromatic carbocycles. The van der Waals surface area contributed by atoms with Crippen molar-refractivity contribution in [3.8, 4) is 0 Å². The van der Waals surface area contributed by atoms with Gasteiger partial charge in [0.05, 0.1) is 0 Å². The molecule has 2 fully saturated rings. The molecule has 1 aliphatic heterocycles. The smallest absolute Gasteiger partial charge is 0.136 e. The Balaban J connectivity index is 2.12. The van der Waals surface area contributed by atoms with E-state index in [1.54, 1.807) is 6.92 Å². The lowest BCUT2D eigenvalue weighted by atomic mass is 9.92. The van der Waals surface area contributed by atoms with E-state index in [4.69, 9.17) is 0 Å². The Morgan fingerprint density at radius 1 is 1.70 bits per heavy atom. The number of hydrogen-bond acceptors (Lipinski definition) is 2. The van der Waals surface area contributed by atoms with Gasteiger partial charge in [-0.3, -0.25) is 4.79 Å². The minimum atomic E-state index is 0.144. The average Bonchev–Trinajstić information content (AvgIpc) is 2.61. The van der Waals surface area contributed by atoms with Crippen molar-refractivity contribution in [2.45, 2.75) is 19.8 Å². The van der Waals surface area contributed by atoms with Crippen molar-refractivity contribution in [2.24, 2.45) is 11.3 Å². The SMILES string of the molecule is CC(=O)[C@@]12CCNC[C@@H]1C2. The third-order valence-electron chi connectivity index (χ3n) is 3.07. The Hall–Kier alpha value is -0.370. The quantitative estimate of drug-likeness (QED) is 0.575. The summed E-state index contributed by atoms with van der Waals surface area (Å²) in [5, 5.41) is 3.30. The summed E-state index contributed by atoms with van der Waals surface area (Å²) in [6.07, 6.45) is 2.22. The van der Waals surface area contributed by atoms with E-state index in [0.29, 0.717) is 11.7 Å². The number of carbonyl (C=O) groups is 1. The van der Waals surface area contributed by atoms with Crippen LogP contribution in [0.4, 0.5) is 0 Å². The van der Waals surface area contributed by atoms with E-state index in [2.05, 4.69) is 5.32 Å². The summed E-state index contributed by atoms with van der Waals surface area (Å²) >= 11 is 0. The highest BCUT2D eigenvalue weighted by Gasteiger charge is 2.58. The second-order valence-corrected chi connectivity index (χ2v) is 3.57. The molecule has 56 valence electrons. The third-order valence-corrected chi connectivity index (χ3v) is 3.07. The van der Waals surface area contributed by atoms with E-state index in [1.165, 1.54) is 0 Å². The average molecular weight is 139 g/mol. The number of carbonyl (C=O) groups excluding carboxylic acids is 1. The molecule has 1 aliphatic carbocycles. The molecule has 0 unspecified atom stereocenters. The lowest BCUT2D eigenvalue weighted by Gasteiger charge is -2.19. The molecule has 1 N–H and O–H groups in total. The summed E-state index contributed by atoms with van der Waals surface area (Å²) in [5.74, 6) is 1.10. The predicted molar refractivity (Wildman–Crippen MR) is 38.7 cm³/mol. The van der Waals surface area contributed by atoms with Gasteiger partial charge in [0, 0.05) is 5.41 Å². The molecule has 0 radical (unpaired) electrons. The number of Topliss-reactive ketones (excluding diaryl/α,β-unsaturated/α-hetero) is 1. The van der Waals surface area contributed by atoms with Crippen LogP contribution in [0.3, 0.4) is 0 Å². The zero-order chi connectivity index (χ0) is 7.19. The molecular weight excluding hydrogens is 126 g/mol. The van der Waals surface area contributed by atoms with Gasteiger partial charge in [0.1, 0.15) is 5.78 Å². The maximum Gasteiger partial charge on any atom is 0.136 e. The first kappa shape index (κ1) is 6.35. The van der Waals surface area contributed by atoms with E-state index in [-0.39, 0.29) is 5.41 Å². The lowest BCUT2D eigenvalue weighted by Crippen LogP contribution is -2.32. The van der Waals surface area contributed by atoms with Gasteiger partial charge in [-0.15, -0.1) is 0 Å². The van der Waals surface area contributed by atoms with Crippen LogP contribution in [0.15, 0.2) is 0 Å². The van der Waals surface area contributed by atoms with Crippen molar-refractivity contribution in [1.29, 1.82) is 0 Å². The van der Waals surface area contributed by atoms with Crippen LogP contribution in [0.25, 0.3) is 0 Å². The molecule has 10 heavy (non-hydrogen) atoms. The topological polar surface area (TPSA) is 29.1 Å². The Kier molecular flexibility index (Phi) is 1.15. The standard InChI is InChI=1S/C8H13NO/c1-6(10)8-2-3-9-5-7(8)4-8/h7,9H,2-5H2,1H3/t7-,8-/m0/s1. The van der Waals surface area contributed by atoms with E-state index >= 15 is 0 Å². The van der Waals surface area contributed by atoms with Crippen molar-refractivity contribution in [3.63, 3.8) is 0 Å². The zero-order valence-electron chi connectivity index (χ0n) is 6.31. The van der Waals surface area contributed by atoms with Gasteiger partial charge in [0.15, 0.2) is 0 Å². The minimum absolute atomic E-state index is 0.144. The molecule has 1 heterocycles. The predicted octanol–water partition coefficient (Wildman–Crippen LogP) is 0.575. The molecule has 0 bridgehead atoms. The highest BCUT2D eigenvalue weighted by atomic mass is 16.1. The summed E-state index contributed by atoms with van der Waals surface area (Å²) in [6, 6.07) is 0. The Morgan fingerprint density at radius 2 is 2.50 bits per heavy atom. The molecule has 2 aliphatic rings. The Bertz CT molecular complexity index is 178. The first-order valence-electron chi connectivity index (χ1n) is 3.97. The molecule has 2 heteroatoms. The van der Waals surface area contributed by atoms with E-state index in [9.17, 15) is 4.79 Å². The van der Waals surface area contributed by atoms with Crippen molar-refractivity contribution in [1.82, 2.24) is 5.32 Å². The fraction of sp³-hybridized carbons (Fsp3) is 0.875. The van der Waals surface area contributed by atoms with Crippen LogP contribution in [0.2, 0.25) is 0 Å². The summed E-state index contributed by atoms with van der Waals surface area (Å²) in [4.78, 5) is 11.1. The van der Waals surface area contributed by atoms with Crippen molar-refractivity contribution in [2.75, 3.05) is 13.1 Å². The number of hydrogen-bond donors (Lipinski definition) is 1. The molecule has 1 saturated carbocycles. The second kappa shape index (κ2) is 1.82. The van der Waals surface area contributed by atoms with Gasteiger partial charge in [0.2, 0.25) is 0 Å². The molecule has 0 amide bonds. The molecule has 0 aromatic rings. The molecular formula is C8H13NO. The highest BCUT2D eigenvalue weighted by molar-refractivity contribution is 5.85. The van der Waals surface area contributed by atoms with Crippen LogP contribution in [-0.2, 0) is 4.79 Å². The summed E-state index contributed by atoms with van der Waals surface area (Å²) in [7, 11) is 0. The van der Waals surface area contributed by atoms with Gasteiger partial charge in [-0.05, 0) is 38.8 Å². The van der Waals surface area contributed by atoms with E-state index in [0.717, 1.165) is 25.9 Å². The first-order valence-corrected chi connectivity index (χ1v) is 3.97. The number of piperidine rings is 1. The lowest BCUT2D eigenvalue weighted by molar-refractivity contribution is -0.123. The molecule has 2 nitrogen and oxygen atoms in total. The van der Waals surface area contributed by atoms with Crippen LogP contribution < -0.4 is 5.32 Å². The molecule has 2 rings (SSSR count). The van der Waals surface area contributed by atoms with Crippen molar-refractivity contribution in [3.05, 3.63) is 0 Å². The maximum atomic E-state index is 11.1. The van der Waals surface area contributed by atoms with Gasteiger partial charge in [-0.25, -0.2) is 0 Å². The molecule has 1 saturated heterocycles. The fourth-order valence-electron chi connectivity index (χ4n) is 2.15. The van der Waals surface area contributed by atoms with Gasteiger partial charge in [-0.2, -0.15) is 0 Å². The number of nitrogens with one attached hydrogen (secondary N) is 1. The fourth-order valence-corrected chi connectivity index (χ4v) is 2.15. The van der Waals surface area contributed by atoms with Gasteiger partial charge in [-0.1, -0.05) is 0 Å². The molecule has 2 atom stereocenters. The second-order valence-electron chi connectivity index (χ2n) is 3.57. The monoisotopic (exact) mass is 139 g/mol. The number of ketones is 1. The first-order chi connectivity index (χ1) is 4.76. The van der Waals surface area contributed by atoms with Gasteiger partial charge in [0.25, 0.3) is 0 Å².